The van der Waals surface area contributed by atoms with Crippen molar-refractivity contribution in [3.63, 3.8) is 0 Å². The van der Waals surface area contributed by atoms with E-state index in [1.807, 2.05) is 60.7 Å². The van der Waals surface area contributed by atoms with Gasteiger partial charge >= 0.3 is 0 Å². The molecule has 4 heteroatoms. The van der Waals surface area contributed by atoms with E-state index in [4.69, 9.17) is 14.4 Å². The minimum Gasteiger partial charge on any atom is -0.456 e. The van der Waals surface area contributed by atoms with Gasteiger partial charge in [-0.3, -0.25) is 0 Å². The molecule has 0 unspecified atom stereocenters. The highest BCUT2D eigenvalue weighted by Gasteiger charge is 2.16. The molecule has 7 aromatic rings. The van der Waals surface area contributed by atoms with Gasteiger partial charge in [0.25, 0.3) is 0 Å². The fraction of sp³-hybridized carbons (Fsp3) is 0. The summed E-state index contributed by atoms with van der Waals surface area (Å²) in [6.07, 6.45) is 0. The van der Waals surface area contributed by atoms with Crippen molar-refractivity contribution in [3.05, 3.63) is 109 Å². The maximum absolute atomic E-state index is 6.08. The van der Waals surface area contributed by atoms with Crippen molar-refractivity contribution >= 4 is 32.8 Å². The molecule has 0 fully saturated rings. The lowest BCUT2D eigenvalue weighted by molar-refractivity contribution is 0.669. The Morgan fingerprint density at radius 3 is 1.94 bits per heavy atom. The summed E-state index contributed by atoms with van der Waals surface area (Å²) >= 11 is 0. The van der Waals surface area contributed by atoms with E-state index < -0.39 is 0 Å². The molecule has 0 saturated carbocycles. The van der Waals surface area contributed by atoms with Gasteiger partial charge in [0.05, 0.1) is 28.0 Å². The maximum Gasteiger partial charge on any atom is 0.177 e. The number of hydrogen-bond donors (Lipinski definition) is 1. The Hall–Kier alpha value is -4.70. The molecule has 4 nitrogen and oxygen atoms in total. The van der Waals surface area contributed by atoms with Gasteiger partial charge in [-0.05, 0) is 30.3 Å². The summed E-state index contributed by atoms with van der Waals surface area (Å²) in [7, 11) is 0. The van der Waals surface area contributed by atoms with Crippen LogP contribution in [0.5, 0.6) is 0 Å². The van der Waals surface area contributed by atoms with E-state index in [0.717, 1.165) is 61.1 Å². The zero-order chi connectivity index (χ0) is 22.5. The molecule has 160 valence electrons. The van der Waals surface area contributed by atoms with E-state index in [9.17, 15) is 0 Å². The third-order valence-electron chi connectivity index (χ3n) is 6.24. The average molecular weight is 438 g/mol. The van der Waals surface area contributed by atoms with Crippen molar-refractivity contribution < 1.29 is 4.42 Å². The highest BCUT2D eigenvalue weighted by Crippen LogP contribution is 2.36. The molecule has 0 amide bonds. The quantitative estimate of drug-likeness (QED) is 0.306. The van der Waals surface area contributed by atoms with Crippen molar-refractivity contribution in [1.82, 2.24) is 15.0 Å². The number of para-hydroxylation sites is 1. The number of nitrogens with one attached hydrogen (secondary N) is 1. The van der Waals surface area contributed by atoms with Crippen LogP contribution in [0.25, 0.3) is 66.9 Å². The van der Waals surface area contributed by atoms with Gasteiger partial charge < -0.3 is 9.40 Å². The van der Waals surface area contributed by atoms with E-state index in [1.165, 1.54) is 0 Å². The highest BCUT2D eigenvalue weighted by atomic mass is 16.3. The zero-order valence-corrected chi connectivity index (χ0v) is 18.2. The predicted octanol–water partition coefficient (Wildman–Crippen LogP) is 7.86. The van der Waals surface area contributed by atoms with E-state index >= 15 is 0 Å². The van der Waals surface area contributed by atoms with Crippen LogP contribution in [0.3, 0.4) is 0 Å². The summed E-state index contributed by atoms with van der Waals surface area (Å²) < 4.78 is 6.08. The number of fused-ring (bicyclic) bond motifs is 5. The average Bonchev–Trinajstić information content (AvgIpc) is 3.51. The first kappa shape index (κ1) is 18.8. The van der Waals surface area contributed by atoms with Gasteiger partial charge in [0.15, 0.2) is 5.82 Å². The molecule has 4 aromatic carbocycles. The summed E-state index contributed by atoms with van der Waals surface area (Å²) in [6.45, 7) is 0. The Labute approximate surface area is 195 Å². The van der Waals surface area contributed by atoms with Crippen molar-refractivity contribution in [1.29, 1.82) is 0 Å². The molecular weight excluding hydrogens is 418 g/mol. The molecule has 0 saturated heterocycles. The minimum absolute atomic E-state index is 0.664. The van der Waals surface area contributed by atoms with Crippen LogP contribution in [0.2, 0.25) is 0 Å². The van der Waals surface area contributed by atoms with Crippen LogP contribution >= 0.6 is 0 Å². The molecule has 0 spiro atoms. The molecular formula is C30H19N3O. The third kappa shape index (κ3) is 3.00. The second-order valence-electron chi connectivity index (χ2n) is 8.38. The molecule has 0 aliphatic heterocycles. The molecule has 0 aliphatic carbocycles. The second-order valence-corrected chi connectivity index (χ2v) is 8.38. The lowest BCUT2D eigenvalue weighted by Gasteiger charge is -2.08. The number of H-pyrrole nitrogens is 1. The standard InChI is InChI=1S/C30H19N3O/c1-3-9-19(10-4-1)23-18-24(20-11-5-2-6-12-20)33-30(32-23)25-17-21-15-16-27-28(29(21)31-25)22-13-7-8-14-26(22)34-27/h1-18,31H. The highest BCUT2D eigenvalue weighted by molar-refractivity contribution is 6.18. The zero-order valence-electron chi connectivity index (χ0n) is 18.2. The van der Waals surface area contributed by atoms with Crippen molar-refractivity contribution in [2.75, 3.05) is 0 Å². The summed E-state index contributed by atoms with van der Waals surface area (Å²) in [5.41, 5.74) is 7.56. The molecule has 0 radical (unpaired) electrons. The minimum atomic E-state index is 0.664. The van der Waals surface area contributed by atoms with E-state index in [-0.39, 0.29) is 0 Å². The first-order chi connectivity index (χ1) is 16.8. The van der Waals surface area contributed by atoms with Gasteiger partial charge in [-0.2, -0.15) is 0 Å². The molecule has 0 bridgehead atoms. The van der Waals surface area contributed by atoms with Gasteiger partial charge in [-0.15, -0.1) is 0 Å². The summed E-state index contributed by atoms with van der Waals surface area (Å²) in [5, 5.41) is 3.28. The monoisotopic (exact) mass is 437 g/mol. The molecule has 7 rings (SSSR count). The second kappa shape index (κ2) is 7.42. The molecule has 0 aliphatic rings. The molecule has 1 N–H and O–H groups in total. The Bertz CT molecular complexity index is 1740. The lowest BCUT2D eigenvalue weighted by atomic mass is 10.1. The molecule has 3 heterocycles. The van der Waals surface area contributed by atoms with Crippen molar-refractivity contribution in [3.8, 4) is 34.0 Å². The van der Waals surface area contributed by atoms with Gasteiger partial charge in [0.1, 0.15) is 11.2 Å². The Kier molecular flexibility index (Phi) is 4.11. The first-order valence-electron chi connectivity index (χ1n) is 11.3. The Morgan fingerprint density at radius 2 is 1.24 bits per heavy atom. The molecule has 3 aromatic heterocycles. The Balaban J connectivity index is 1.48. The first-order valence-corrected chi connectivity index (χ1v) is 11.3. The fourth-order valence-electron chi connectivity index (χ4n) is 4.62. The normalized spacial score (nSPS) is 11.5. The van der Waals surface area contributed by atoms with Crippen molar-refractivity contribution in [2.45, 2.75) is 0 Å². The van der Waals surface area contributed by atoms with Gasteiger partial charge in [0, 0.05) is 21.9 Å². The van der Waals surface area contributed by atoms with Gasteiger partial charge in [0.2, 0.25) is 0 Å². The van der Waals surface area contributed by atoms with Crippen LogP contribution in [0, 0.1) is 0 Å². The predicted molar refractivity (Wildman–Crippen MR) is 137 cm³/mol. The molecule has 34 heavy (non-hydrogen) atoms. The number of aromatic nitrogens is 3. The van der Waals surface area contributed by atoms with E-state index in [0.29, 0.717) is 5.82 Å². The maximum atomic E-state index is 6.08. The van der Waals surface area contributed by atoms with Crippen LogP contribution < -0.4 is 0 Å². The summed E-state index contributed by atoms with van der Waals surface area (Å²) in [5.74, 6) is 0.664. The van der Waals surface area contributed by atoms with Crippen molar-refractivity contribution in [2.24, 2.45) is 0 Å². The third-order valence-corrected chi connectivity index (χ3v) is 6.24. The SMILES string of the molecule is c1ccc(-c2cc(-c3ccccc3)nc(-c3cc4ccc5oc6ccccc6c5c4[nH]3)n2)cc1. The number of rotatable bonds is 3. The number of aromatic amines is 1. The van der Waals surface area contributed by atoms with E-state index in [1.54, 1.807) is 0 Å². The topological polar surface area (TPSA) is 54.7 Å². The fourth-order valence-corrected chi connectivity index (χ4v) is 4.62. The lowest BCUT2D eigenvalue weighted by Crippen LogP contribution is -1.95. The smallest absolute Gasteiger partial charge is 0.177 e. The largest absolute Gasteiger partial charge is 0.456 e. The van der Waals surface area contributed by atoms with Crippen LogP contribution in [0.4, 0.5) is 0 Å². The van der Waals surface area contributed by atoms with Gasteiger partial charge in [-0.1, -0.05) is 78.9 Å². The Morgan fingerprint density at radius 1 is 0.588 bits per heavy atom. The number of hydrogen-bond acceptors (Lipinski definition) is 3. The van der Waals surface area contributed by atoms with Crippen LogP contribution in [-0.2, 0) is 0 Å². The van der Waals surface area contributed by atoms with Crippen LogP contribution in [0.15, 0.2) is 114 Å². The van der Waals surface area contributed by atoms with Crippen LogP contribution in [0.1, 0.15) is 0 Å². The number of furan rings is 1. The van der Waals surface area contributed by atoms with Crippen LogP contribution in [-0.4, -0.2) is 15.0 Å². The molecule has 0 atom stereocenters. The number of nitrogens with zero attached hydrogens (tertiary/aromatic N) is 2. The van der Waals surface area contributed by atoms with Gasteiger partial charge in [-0.25, -0.2) is 9.97 Å². The number of benzene rings is 4. The summed E-state index contributed by atoms with van der Waals surface area (Å²) in [6, 6.07) is 36.9. The van der Waals surface area contributed by atoms with E-state index in [2.05, 4.69) is 53.5 Å². The summed E-state index contributed by atoms with van der Waals surface area (Å²) in [4.78, 5) is 13.5.